The van der Waals surface area contributed by atoms with Crippen molar-refractivity contribution in [2.75, 3.05) is 32.7 Å². The van der Waals surface area contributed by atoms with Crippen LogP contribution in [0.25, 0.3) is 0 Å². The maximum Gasteiger partial charge on any atom is 0.320 e. The van der Waals surface area contributed by atoms with Crippen LogP contribution in [0.1, 0.15) is 34.1 Å². The summed E-state index contributed by atoms with van der Waals surface area (Å²) in [4.78, 5) is 29.1. The molecular weight excluding hydrogens is 258 g/mol. The molecule has 20 heavy (non-hydrogen) atoms. The molecular formula is C14H27N3O3. The third-order valence-electron chi connectivity index (χ3n) is 3.90. The smallest absolute Gasteiger partial charge is 0.320 e. The summed E-state index contributed by atoms with van der Waals surface area (Å²) >= 11 is 0. The Morgan fingerprint density at radius 1 is 1.15 bits per heavy atom. The zero-order chi connectivity index (χ0) is 15.3. The highest BCUT2D eigenvalue weighted by Crippen LogP contribution is 2.12. The predicted octanol–water partition coefficient (Wildman–Crippen LogP) is 1.32. The Morgan fingerprint density at radius 3 is 2.10 bits per heavy atom. The van der Waals surface area contributed by atoms with E-state index in [2.05, 4.69) is 18.7 Å². The van der Waals surface area contributed by atoms with Crippen LogP contribution in [0, 0.1) is 0 Å². The van der Waals surface area contributed by atoms with E-state index in [1.54, 1.807) is 11.8 Å². The molecule has 1 N–H and O–H groups in total. The first-order valence-corrected chi connectivity index (χ1v) is 7.38. The van der Waals surface area contributed by atoms with Crippen LogP contribution >= 0.6 is 0 Å². The summed E-state index contributed by atoms with van der Waals surface area (Å²) in [5.41, 5.74) is 0. The molecule has 2 amide bonds. The number of aliphatic carboxylic acids is 1. The summed E-state index contributed by atoms with van der Waals surface area (Å²) in [6.45, 7) is 11.7. The quantitative estimate of drug-likeness (QED) is 0.827. The van der Waals surface area contributed by atoms with E-state index in [0.717, 1.165) is 13.1 Å². The summed E-state index contributed by atoms with van der Waals surface area (Å²) in [5.74, 6) is -0.867. The van der Waals surface area contributed by atoms with Gasteiger partial charge in [0.05, 0.1) is 6.42 Å². The molecule has 0 radical (unpaired) electrons. The second-order valence-corrected chi connectivity index (χ2v) is 5.63. The number of amides is 2. The van der Waals surface area contributed by atoms with Crippen molar-refractivity contribution in [2.24, 2.45) is 0 Å². The lowest BCUT2D eigenvalue weighted by Crippen LogP contribution is -2.55. The summed E-state index contributed by atoms with van der Waals surface area (Å²) in [7, 11) is 0. The number of rotatable bonds is 5. The molecule has 6 nitrogen and oxygen atoms in total. The zero-order valence-electron chi connectivity index (χ0n) is 13.0. The molecule has 6 heteroatoms. The van der Waals surface area contributed by atoms with Crippen molar-refractivity contribution in [3.63, 3.8) is 0 Å². The Labute approximate surface area is 121 Å². The summed E-state index contributed by atoms with van der Waals surface area (Å²) in [6, 6.07) is 0.193. The van der Waals surface area contributed by atoms with Gasteiger partial charge in [-0.15, -0.1) is 0 Å². The SMILES string of the molecule is CCN(C(=O)N1CCN(C(C)C)CC1)C(C)CC(=O)O. The van der Waals surface area contributed by atoms with Crippen LogP contribution in [0.2, 0.25) is 0 Å². The second-order valence-electron chi connectivity index (χ2n) is 5.63. The highest BCUT2D eigenvalue weighted by atomic mass is 16.4. The van der Waals surface area contributed by atoms with Crippen molar-refractivity contribution in [1.82, 2.24) is 14.7 Å². The van der Waals surface area contributed by atoms with Gasteiger partial charge in [0.1, 0.15) is 0 Å². The Kier molecular flexibility index (Phi) is 6.26. The topological polar surface area (TPSA) is 64.1 Å². The molecule has 0 bridgehead atoms. The average molecular weight is 285 g/mol. The molecule has 1 heterocycles. The average Bonchev–Trinajstić information content (AvgIpc) is 2.38. The van der Waals surface area contributed by atoms with Gasteiger partial charge >= 0.3 is 12.0 Å². The van der Waals surface area contributed by atoms with E-state index < -0.39 is 5.97 Å². The molecule has 0 aliphatic carbocycles. The van der Waals surface area contributed by atoms with Crippen molar-refractivity contribution in [2.45, 2.75) is 46.2 Å². The largest absolute Gasteiger partial charge is 0.481 e. The third-order valence-corrected chi connectivity index (χ3v) is 3.90. The zero-order valence-corrected chi connectivity index (χ0v) is 13.0. The molecule has 0 spiro atoms. The predicted molar refractivity (Wildman–Crippen MR) is 77.8 cm³/mol. The lowest BCUT2D eigenvalue weighted by Gasteiger charge is -2.40. The van der Waals surface area contributed by atoms with Crippen LogP contribution in [0.3, 0.4) is 0 Å². The monoisotopic (exact) mass is 285 g/mol. The lowest BCUT2D eigenvalue weighted by atomic mass is 10.2. The lowest BCUT2D eigenvalue weighted by molar-refractivity contribution is -0.138. The van der Waals surface area contributed by atoms with Crippen LogP contribution < -0.4 is 0 Å². The first-order valence-electron chi connectivity index (χ1n) is 7.38. The summed E-state index contributed by atoms with van der Waals surface area (Å²) in [5, 5.41) is 8.86. The molecule has 0 saturated carbocycles. The fourth-order valence-corrected chi connectivity index (χ4v) is 2.61. The van der Waals surface area contributed by atoms with E-state index in [9.17, 15) is 9.59 Å². The first kappa shape index (κ1) is 16.8. The van der Waals surface area contributed by atoms with Gasteiger partial charge in [-0.05, 0) is 27.7 Å². The first-order chi connectivity index (χ1) is 9.36. The van der Waals surface area contributed by atoms with Gasteiger partial charge in [0.25, 0.3) is 0 Å². The van der Waals surface area contributed by atoms with Gasteiger partial charge < -0.3 is 14.9 Å². The molecule has 1 fully saturated rings. The molecule has 0 aromatic heterocycles. The van der Waals surface area contributed by atoms with Crippen molar-refractivity contribution in [3.8, 4) is 0 Å². The maximum absolute atomic E-state index is 12.5. The number of carboxylic acids is 1. The van der Waals surface area contributed by atoms with Gasteiger partial charge in [-0.25, -0.2) is 4.79 Å². The standard InChI is InChI=1S/C14H27N3O3/c1-5-17(12(4)10-13(18)19)14(20)16-8-6-15(7-9-16)11(2)3/h11-12H,5-10H2,1-4H3,(H,18,19). The van der Waals surface area contributed by atoms with E-state index in [4.69, 9.17) is 5.11 Å². The Hall–Kier alpha value is -1.30. The number of hydrogen-bond acceptors (Lipinski definition) is 3. The van der Waals surface area contributed by atoms with Gasteiger partial charge in [-0.3, -0.25) is 9.69 Å². The van der Waals surface area contributed by atoms with E-state index in [0.29, 0.717) is 25.7 Å². The highest BCUT2D eigenvalue weighted by molar-refractivity contribution is 5.76. The Balaban J connectivity index is 2.57. The number of nitrogens with zero attached hydrogens (tertiary/aromatic N) is 3. The number of hydrogen-bond donors (Lipinski definition) is 1. The molecule has 1 unspecified atom stereocenters. The summed E-state index contributed by atoms with van der Waals surface area (Å²) in [6.07, 6.45) is -0.00839. The van der Waals surface area contributed by atoms with Gasteiger partial charge in [0.2, 0.25) is 0 Å². The second kappa shape index (κ2) is 7.47. The van der Waals surface area contributed by atoms with Crippen LogP contribution in [0.15, 0.2) is 0 Å². The van der Waals surface area contributed by atoms with Crippen molar-refractivity contribution < 1.29 is 14.7 Å². The number of carbonyl (C=O) groups excluding carboxylic acids is 1. The maximum atomic E-state index is 12.5. The fraction of sp³-hybridized carbons (Fsp3) is 0.857. The molecule has 0 aromatic rings. The van der Waals surface area contributed by atoms with Crippen LogP contribution in [0.5, 0.6) is 0 Å². The van der Waals surface area contributed by atoms with Gasteiger partial charge in [-0.2, -0.15) is 0 Å². The Morgan fingerprint density at radius 2 is 1.70 bits per heavy atom. The van der Waals surface area contributed by atoms with Crippen molar-refractivity contribution >= 4 is 12.0 Å². The number of carboxylic acid groups (broad SMARTS) is 1. The van der Waals surface area contributed by atoms with Crippen molar-refractivity contribution in [1.29, 1.82) is 0 Å². The number of urea groups is 1. The van der Waals surface area contributed by atoms with Crippen LogP contribution in [0.4, 0.5) is 4.79 Å². The Bertz CT molecular complexity index is 339. The minimum atomic E-state index is -0.867. The van der Waals surface area contributed by atoms with Crippen molar-refractivity contribution in [3.05, 3.63) is 0 Å². The van der Waals surface area contributed by atoms with Gasteiger partial charge in [0, 0.05) is 44.8 Å². The fourth-order valence-electron chi connectivity index (χ4n) is 2.61. The minimum Gasteiger partial charge on any atom is -0.481 e. The highest BCUT2D eigenvalue weighted by Gasteiger charge is 2.28. The summed E-state index contributed by atoms with van der Waals surface area (Å²) < 4.78 is 0. The van der Waals surface area contributed by atoms with Gasteiger partial charge in [0.15, 0.2) is 0 Å². The molecule has 1 aliphatic heterocycles. The molecule has 1 rings (SSSR count). The van der Waals surface area contributed by atoms with Crippen LogP contribution in [-0.2, 0) is 4.79 Å². The molecule has 1 atom stereocenters. The molecule has 116 valence electrons. The van der Waals surface area contributed by atoms with E-state index in [1.165, 1.54) is 0 Å². The third kappa shape index (κ3) is 4.37. The number of carbonyl (C=O) groups is 2. The van der Waals surface area contributed by atoms with E-state index in [-0.39, 0.29) is 18.5 Å². The molecule has 0 aromatic carbocycles. The van der Waals surface area contributed by atoms with Crippen LogP contribution in [-0.4, -0.2) is 76.6 Å². The number of piperazine rings is 1. The van der Waals surface area contributed by atoms with E-state index >= 15 is 0 Å². The molecule has 1 saturated heterocycles. The molecule has 1 aliphatic rings. The van der Waals surface area contributed by atoms with Gasteiger partial charge in [-0.1, -0.05) is 0 Å². The normalized spacial score (nSPS) is 18.1. The minimum absolute atomic E-state index is 0.00839. The van der Waals surface area contributed by atoms with E-state index in [1.807, 2.05) is 11.8 Å².